The summed E-state index contributed by atoms with van der Waals surface area (Å²) in [5, 5.41) is 2.93. The maximum Gasteiger partial charge on any atom is 0.236 e. The van der Waals surface area contributed by atoms with E-state index in [0.29, 0.717) is 24.6 Å². The Morgan fingerprint density at radius 1 is 1.07 bits per heavy atom. The van der Waals surface area contributed by atoms with Crippen molar-refractivity contribution in [1.29, 1.82) is 0 Å². The molecule has 158 valence electrons. The SMILES string of the molecule is CCN(CC(=O)NC(C)(C)C)CC(=O)N(C)Cc1cc(OC)c(OC)cc1C. The Kier molecular flexibility index (Phi) is 8.75. The molecule has 0 aromatic heterocycles. The second-order valence-electron chi connectivity index (χ2n) is 7.98. The highest BCUT2D eigenvalue weighted by atomic mass is 16.5. The van der Waals surface area contributed by atoms with Crippen molar-refractivity contribution in [1.82, 2.24) is 15.1 Å². The molecule has 0 aliphatic heterocycles. The van der Waals surface area contributed by atoms with Crippen molar-refractivity contribution in [2.45, 2.75) is 46.7 Å². The average molecular weight is 394 g/mol. The van der Waals surface area contributed by atoms with Crippen LogP contribution >= 0.6 is 0 Å². The first-order valence-corrected chi connectivity index (χ1v) is 9.49. The number of aryl methyl sites for hydroxylation is 1. The number of hydrogen-bond donors (Lipinski definition) is 1. The smallest absolute Gasteiger partial charge is 0.236 e. The molecule has 2 amide bonds. The molecular formula is C21H35N3O4. The minimum absolute atomic E-state index is 0.0420. The zero-order valence-corrected chi connectivity index (χ0v) is 18.5. The van der Waals surface area contributed by atoms with Gasteiger partial charge in [-0.25, -0.2) is 0 Å². The number of carbonyl (C=O) groups excluding carboxylic acids is 2. The largest absolute Gasteiger partial charge is 0.493 e. The van der Waals surface area contributed by atoms with E-state index in [-0.39, 0.29) is 30.4 Å². The lowest BCUT2D eigenvalue weighted by molar-refractivity contribution is -0.132. The minimum atomic E-state index is -0.289. The first-order valence-electron chi connectivity index (χ1n) is 9.49. The first-order chi connectivity index (χ1) is 13.0. The standard InChI is InChI=1S/C21H35N3O4/c1-9-24(13-19(25)22-21(3,4)5)14-20(26)23(6)12-16-11-18(28-8)17(27-7)10-15(16)2/h10-11H,9,12-14H2,1-8H3,(H,22,25). The number of likely N-dealkylation sites (N-methyl/N-ethyl adjacent to an activating group) is 2. The predicted octanol–water partition coefficient (Wildman–Crippen LogP) is 2.21. The topological polar surface area (TPSA) is 71.1 Å². The molecule has 0 aliphatic rings. The molecule has 1 aromatic carbocycles. The summed E-state index contributed by atoms with van der Waals surface area (Å²) < 4.78 is 10.7. The molecule has 1 aromatic rings. The number of methoxy groups -OCH3 is 2. The van der Waals surface area contributed by atoms with Crippen LogP contribution in [0.2, 0.25) is 0 Å². The molecule has 7 nitrogen and oxygen atoms in total. The van der Waals surface area contributed by atoms with Gasteiger partial charge in [0.1, 0.15) is 0 Å². The van der Waals surface area contributed by atoms with Crippen molar-refractivity contribution in [2.24, 2.45) is 0 Å². The van der Waals surface area contributed by atoms with Crippen LogP contribution in [0.4, 0.5) is 0 Å². The molecule has 0 unspecified atom stereocenters. The third-order valence-electron chi connectivity index (χ3n) is 4.36. The lowest BCUT2D eigenvalue weighted by Crippen LogP contribution is -2.48. The van der Waals surface area contributed by atoms with Gasteiger partial charge in [0.05, 0.1) is 27.3 Å². The molecule has 0 aliphatic carbocycles. The quantitative estimate of drug-likeness (QED) is 0.696. The van der Waals surface area contributed by atoms with E-state index < -0.39 is 0 Å². The maximum atomic E-state index is 12.7. The molecule has 1 N–H and O–H groups in total. The number of ether oxygens (including phenoxy) is 2. The van der Waals surface area contributed by atoms with Crippen LogP contribution in [0.5, 0.6) is 11.5 Å². The lowest BCUT2D eigenvalue weighted by atomic mass is 10.1. The fourth-order valence-corrected chi connectivity index (χ4v) is 2.79. The Morgan fingerprint density at radius 2 is 1.64 bits per heavy atom. The van der Waals surface area contributed by atoms with Gasteiger partial charge in [-0.05, 0) is 57.5 Å². The van der Waals surface area contributed by atoms with Crippen LogP contribution in [-0.2, 0) is 16.1 Å². The number of carbonyl (C=O) groups is 2. The molecule has 0 fully saturated rings. The van der Waals surface area contributed by atoms with Crippen molar-refractivity contribution in [3.05, 3.63) is 23.3 Å². The monoisotopic (exact) mass is 393 g/mol. The summed E-state index contributed by atoms with van der Waals surface area (Å²) in [7, 11) is 4.96. The summed E-state index contributed by atoms with van der Waals surface area (Å²) in [6.07, 6.45) is 0. The molecule has 0 saturated heterocycles. The fraction of sp³-hybridized carbons (Fsp3) is 0.619. The Bertz CT molecular complexity index is 683. The van der Waals surface area contributed by atoms with Crippen molar-refractivity contribution < 1.29 is 19.1 Å². The van der Waals surface area contributed by atoms with Crippen molar-refractivity contribution in [3.63, 3.8) is 0 Å². The molecule has 28 heavy (non-hydrogen) atoms. The van der Waals surface area contributed by atoms with E-state index in [4.69, 9.17) is 9.47 Å². The van der Waals surface area contributed by atoms with Gasteiger partial charge < -0.3 is 19.7 Å². The summed E-state index contributed by atoms with van der Waals surface area (Å²) >= 11 is 0. The van der Waals surface area contributed by atoms with Crippen LogP contribution in [-0.4, -0.2) is 68.1 Å². The van der Waals surface area contributed by atoms with Crippen LogP contribution < -0.4 is 14.8 Å². The highest BCUT2D eigenvalue weighted by Gasteiger charge is 2.20. The Morgan fingerprint density at radius 3 is 2.14 bits per heavy atom. The van der Waals surface area contributed by atoms with E-state index in [0.717, 1.165) is 11.1 Å². The van der Waals surface area contributed by atoms with E-state index in [1.165, 1.54) is 0 Å². The van der Waals surface area contributed by atoms with E-state index >= 15 is 0 Å². The van der Waals surface area contributed by atoms with E-state index in [1.807, 2.05) is 51.7 Å². The molecule has 0 radical (unpaired) electrons. The summed E-state index contributed by atoms with van der Waals surface area (Å²) in [5.74, 6) is 1.18. The molecule has 0 spiro atoms. The molecular weight excluding hydrogens is 358 g/mol. The highest BCUT2D eigenvalue weighted by Crippen LogP contribution is 2.30. The highest BCUT2D eigenvalue weighted by molar-refractivity contribution is 5.81. The number of rotatable bonds is 9. The summed E-state index contributed by atoms with van der Waals surface area (Å²) in [5.41, 5.74) is 1.72. The second kappa shape index (κ2) is 10.3. The molecule has 0 saturated carbocycles. The van der Waals surface area contributed by atoms with Gasteiger partial charge in [-0.15, -0.1) is 0 Å². The van der Waals surface area contributed by atoms with Crippen LogP contribution in [0, 0.1) is 6.92 Å². The Balaban J connectivity index is 2.75. The van der Waals surface area contributed by atoms with Gasteiger partial charge in [-0.1, -0.05) is 6.92 Å². The Hall–Kier alpha value is -2.28. The van der Waals surface area contributed by atoms with Gasteiger partial charge >= 0.3 is 0 Å². The number of hydrogen-bond acceptors (Lipinski definition) is 5. The van der Waals surface area contributed by atoms with Gasteiger partial charge in [-0.2, -0.15) is 0 Å². The van der Waals surface area contributed by atoms with Gasteiger partial charge in [0.2, 0.25) is 11.8 Å². The summed E-state index contributed by atoms with van der Waals surface area (Å²) in [6.45, 7) is 11.2. The Labute approximate surface area is 169 Å². The van der Waals surface area contributed by atoms with Crippen LogP contribution in [0.1, 0.15) is 38.8 Å². The van der Waals surface area contributed by atoms with Gasteiger partial charge in [0.25, 0.3) is 0 Å². The van der Waals surface area contributed by atoms with Crippen LogP contribution in [0.15, 0.2) is 12.1 Å². The number of amides is 2. The zero-order chi connectivity index (χ0) is 21.5. The molecule has 0 heterocycles. The van der Waals surface area contributed by atoms with Crippen LogP contribution in [0.25, 0.3) is 0 Å². The lowest BCUT2D eigenvalue weighted by Gasteiger charge is -2.26. The van der Waals surface area contributed by atoms with Gasteiger partial charge in [0.15, 0.2) is 11.5 Å². The van der Waals surface area contributed by atoms with E-state index in [2.05, 4.69) is 5.32 Å². The van der Waals surface area contributed by atoms with Gasteiger partial charge in [-0.3, -0.25) is 14.5 Å². The predicted molar refractivity (Wildman–Crippen MR) is 111 cm³/mol. The van der Waals surface area contributed by atoms with E-state index in [1.54, 1.807) is 26.2 Å². The van der Waals surface area contributed by atoms with Crippen LogP contribution in [0.3, 0.4) is 0 Å². The summed E-state index contributed by atoms with van der Waals surface area (Å²) in [6, 6.07) is 3.80. The first kappa shape index (κ1) is 23.8. The number of nitrogens with zero attached hydrogens (tertiary/aromatic N) is 2. The zero-order valence-electron chi connectivity index (χ0n) is 18.5. The maximum absolute atomic E-state index is 12.7. The fourth-order valence-electron chi connectivity index (χ4n) is 2.79. The minimum Gasteiger partial charge on any atom is -0.493 e. The van der Waals surface area contributed by atoms with Gasteiger partial charge in [0, 0.05) is 19.1 Å². The number of benzene rings is 1. The van der Waals surface area contributed by atoms with Crippen molar-refractivity contribution in [3.8, 4) is 11.5 Å². The summed E-state index contributed by atoms with van der Waals surface area (Å²) in [4.78, 5) is 28.3. The molecule has 1 rings (SSSR count). The third kappa shape index (κ3) is 7.38. The average Bonchev–Trinajstić information content (AvgIpc) is 2.60. The van der Waals surface area contributed by atoms with Crippen molar-refractivity contribution in [2.75, 3.05) is 40.9 Å². The normalized spacial score (nSPS) is 11.3. The molecule has 0 bridgehead atoms. The number of nitrogens with one attached hydrogen (secondary N) is 1. The third-order valence-corrected chi connectivity index (χ3v) is 4.36. The second-order valence-corrected chi connectivity index (χ2v) is 7.98. The molecule has 7 heteroatoms. The van der Waals surface area contributed by atoms with E-state index in [9.17, 15) is 9.59 Å². The molecule has 0 atom stereocenters. The van der Waals surface area contributed by atoms with Crippen molar-refractivity contribution >= 4 is 11.8 Å².